The number of aliphatic hydroxyl groups is 1. The number of piperidine rings is 1. The number of hydrogen-bond donors (Lipinski definition) is 2. The van der Waals surface area contributed by atoms with Gasteiger partial charge in [-0.25, -0.2) is 9.97 Å². The van der Waals surface area contributed by atoms with E-state index in [4.69, 9.17) is 0 Å². The summed E-state index contributed by atoms with van der Waals surface area (Å²) in [6.07, 6.45) is 6.08. The first kappa shape index (κ1) is 15.8. The zero-order valence-corrected chi connectivity index (χ0v) is 14.0. The van der Waals surface area contributed by atoms with Crippen LogP contribution in [0.25, 0.3) is 11.0 Å². The highest BCUT2D eigenvalue weighted by Crippen LogP contribution is 2.30. The standard InChI is InChI=1S/C17H20N6O2/c1-22-9-6-18-16(22)14(24)11-4-7-23(8-5-11)17(25)13-3-2-12-10-19-21-15(12)20-13/h2-3,6,9-11,14,24H,4-5,7-8H2,1H3,(H,19,20,21). The lowest BCUT2D eigenvalue weighted by molar-refractivity contribution is 0.0417. The fraction of sp³-hybridized carbons (Fsp3) is 0.412. The smallest absolute Gasteiger partial charge is 0.272 e. The molecule has 1 aliphatic rings. The molecule has 3 aromatic heterocycles. The van der Waals surface area contributed by atoms with E-state index in [0.29, 0.717) is 30.3 Å². The van der Waals surface area contributed by atoms with E-state index in [0.717, 1.165) is 18.2 Å². The number of aliphatic hydroxyl groups excluding tert-OH is 1. The minimum Gasteiger partial charge on any atom is -0.385 e. The van der Waals surface area contributed by atoms with Crippen molar-refractivity contribution in [3.63, 3.8) is 0 Å². The Morgan fingerprint density at radius 1 is 1.36 bits per heavy atom. The molecule has 0 saturated carbocycles. The summed E-state index contributed by atoms with van der Waals surface area (Å²) in [5.74, 6) is 0.700. The van der Waals surface area contributed by atoms with E-state index in [1.165, 1.54) is 0 Å². The van der Waals surface area contributed by atoms with Crippen LogP contribution in [0.5, 0.6) is 0 Å². The van der Waals surface area contributed by atoms with Gasteiger partial charge in [0, 0.05) is 37.9 Å². The highest BCUT2D eigenvalue weighted by Gasteiger charge is 2.30. The van der Waals surface area contributed by atoms with Gasteiger partial charge in [-0.15, -0.1) is 0 Å². The van der Waals surface area contributed by atoms with Crippen LogP contribution in [0.1, 0.15) is 35.3 Å². The van der Waals surface area contributed by atoms with Gasteiger partial charge in [-0.1, -0.05) is 0 Å². The Kier molecular flexibility index (Phi) is 3.96. The van der Waals surface area contributed by atoms with Crippen LogP contribution in [-0.4, -0.2) is 53.7 Å². The molecule has 1 aliphatic heterocycles. The molecule has 4 heterocycles. The number of likely N-dealkylation sites (tertiary alicyclic amines) is 1. The van der Waals surface area contributed by atoms with Gasteiger partial charge in [-0.05, 0) is 30.9 Å². The predicted molar refractivity (Wildman–Crippen MR) is 90.7 cm³/mol. The molecule has 0 aliphatic carbocycles. The van der Waals surface area contributed by atoms with Gasteiger partial charge in [-0.2, -0.15) is 5.10 Å². The van der Waals surface area contributed by atoms with Gasteiger partial charge >= 0.3 is 0 Å². The number of hydrogen-bond acceptors (Lipinski definition) is 5. The number of nitrogens with one attached hydrogen (secondary N) is 1. The normalized spacial score (nSPS) is 17.1. The number of aryl methyl sites for hydroxylation is 1. The van der Waals surface area contributed by atoms with Crippen molar-refractivity contribution >= 4 is 16.9 Å². The first-order valence-electron chi connectivity index (χ1n) is 8.38. The van der Waals surface area contributed by atoms with Gasteiger partial charge in [0.2, 0.25) is 0 Å². The number of pyridine rings is 1. The number of carbonyl (C=O) groups is 1. The van der Waals surface area contributed by atoms with E-state index in [1.54, 1.807) is 23.4 Å². The summed E-state index contributed by atoms with van der Waals surface area (Å²) in [5.41, 5.74) is 1.03. The van der Waals surface area contributed by atoms with Gasteiger partial charge in [0.25, 0.3) is 5.91 Å². The van der Waals surface area contributed by atoms with E-state index in [1.807, 2.05) is 23.9 Å². The average molecular weight is 340 g/mol. The lowest BCUT2D eigenvalue weighted by atomic mass is 9.90. The third kappa shape index (κ3) is 2.89. The molecule has 1 unspecified atom stereocenters. The summed E-state index contributed by atoms with van der Waals surface area (Å²) in [4.78, 5) is 23.0. The minimum atomic E-state index is -0.600. The molecule has 1 fully saturated rings. The number of amides is 1. The van der Waals surface area contributed by atoms with Crippen LogP contribution in [0, 0.1) is 5.92 Å². The van der Waals surface area contributed by atoms with Crippen LogP contribution in [0.3, 0.4) is 0 Å². The maximum atomic E-state index is 12.7. The lowest BCUT2D eigenvalue weighted by Gasteiger charge is -2.33. The molecule has 8 nitrogen and oxygen atoms in total. The van der Waals surface area contributed by atoms with E-state index in [2.05, 4.69) is 20.2 Å². The number of aromatic amines is 1. The first-order chi connectivity index (χ1) is 12.1. The molecular weight excluding hydrogens is 320 g/mol. The van der Waals surface area contributed by atoms with E-state index >= 15 is 0 Å². The monoisotopic (exact) mass is 340 g/mol. The summed E-state index contributed by atoms with van der Waals surface area (Å²) in [7, 11) is 1.88. The Bertz CT molecular complexity index is 893. The van der Waals surface area contributed by atoms with Crippen molar-refractivity contribution in [3.05, 3.63) is 42.2 Å². The van der Waals surface area contributed by atoms with Crippen molar-refractivity contribution in [3.8, 4) is 0 Å². The Hall–Kier alpha value is -2.74. The van der Waals surface area contributed by atoms with Crippen molar-refractivity contribution in [2.24, 2.45) is 13.0 Å². The Morgan fingerprint density at radius 2 is 2.16 bits per heavy atom. The fourth-order valence-electron chi connectivity index (χ4n) is 3.40. The molecule has 4 rings (SSSR count). The number of fused-ring (bicyclic) bond motifs is 1. The van der Waals surface area contributed by atoms with Gasteiger partial charge in [-0.3, -0.25) is 9.89 Å². The van der Waals surface area contributed by atoms with Crippen molar-refractivity contribution in [2.75, 3.05) is 13.1 Å². The van der Waals surface area contributed by atoms with Crippen molar-refractivity contribution in [1.82, 2.24) is 29.6 Å². The van der Waals surface area contributed by atoms with Crippen LogP contribution < -0.4 is 0 Å². The van der Waals surface area contributed by atoms with Crippen LogP contribution in [0.4, 0.5) is 0 Å². The van der Waals surface area contributed by atoms with Crippen molar-refractivity contribution < 1.29 is 9.90 Å². The molecular formula is C17H20N6O2. The molecule has 25 heavy (non-hydrogen) atoms. The topological polar surface area (TPSA) is 99.9 Å². The molecule has 3 aromatic rings. The van der Waals surface area contributed by atoms with E-state index in [-0.39, 0.29) is 11.8 Å². The van der Waals surface area contributed by atoms with Gasteiger partial charge in [0.05, 0.1) is 6.20 Å². The Labute approximate surface area is 144 Å². The molecule has 0 bridgehead atoms. The molecule has 1 atom stereocenters. The van der Waals surface area contributed by atoms with Crippen LogP contribution in [0.2, 0.25) is 0 Å². The molecule has 0 spiro atoms. The maximum Gasteiger partial charge on any atom is 0.272 e. The molecule has 0 radical (unpaired) electrons. The summed E-state index contributed by atoms with van der Waals surface area (Å²) in [6.45, 7) is 1.21. The quantitative estimate of drug-likeness (QED) is 0.748. The molecule has 0 aromatic carbocycles. The van der Waals surface area contributed by atoms with Gasteiger partial charge in [0.1, 0.15) is 17.6 Å². The van der Waals surface area contributed by atoms with Crippen LogP contribution >= 0.6 is 0 Å². The fourth-order valence-corrected chi connectivity index (χ4v) is 3.40. The number of imidazole rings is 1. The highest BCUT2D eigenvalue weighted by molar-refractivity contribution is 5.94. The van der Waals surface area contributed by atoms with Crippen molar-refractivity contribution in [1.29, 1.82) is 0 Å². The Morgan fingerprint density at radius 3 is 2.88 bits per heavy atom. The average Bonchev–Trinajstić information content (AvgIpc) is 3.28. The van der Waals surface area contributed by atoms with E-state index < -0.39 is 6.10 Å². The third-order valence-corrected chi connectivity index (χ3v) is 4.92. The van der Waals surface area contributed by atoms with Gasteiger partial charge < -0.3 is 14.6 Å². The number of aromatic nitrogens is 5. The minimum absolute atomic E-state index is 0.0820. The molecule has 8 heteroatoms. The van der Waals surface area contributed by atoms with Crippen molar-refractivity contribution in [2.45, 2.75) is 18.9 Å². The maximum absolute atomic E-state index is 12.7. The second-order valence-electron chi connectivity index (χ2n) is 6.48. The zero-order chi connectivity index (χ0) is 17.4. The second-order valence-corrected chi connectivity index (χ2v) is 6.48. The van der Waals surface area contributed by atoms with Crippen LogP contribution in [-0.2, 0) is 7.05 Å². The third-order valence-electron chi connectivity index (χ3n) is 4.92. The largest absolute Gasteiger partial charge is 0.385 e. The summed E-state index contributed by atoms with van der Waals surface area (Å²) in [5, 5.41) is 18.1. The summed E-state index contributed by atoms with van der Waals surface area (Å²) >= 11 is 0. The first-order valence-corrected chi connectivity index (χ1v) is 8.38. The SMILES string of the molecule is Cn1ccnc1C(O)C1CCN(C(=O)c2ccc3cn[nH]c3n2)CC1. The Balaban J connectivity index is 1.42. The van der Waals surface area contributed by atoms with Crippen LogP contribution in [0.15, 0.2) is 30.7 Å². The summed E-state index contributed by atoms with van der Waals surface area (Å²) < 4.78 is 1.84. The lowest BCUT2D eigenvalue weighted by Crippen LogP contribution is -2.40. The number of H-pyrrole nitrogens is 1. The van der Waals surface area contributed by atoms with Gasteiger partial charge in [0.15, 0.2) is 5.65 Å². The molecule has 2 N–H and O–H groups in total. The highest BCUT2D eigenvalue weighted by atomic mass is 16.3. The molecule has 1 amide bonds. The molecule has 130 valence electrons. The number of carbonyl (C=O) groups excluding carboxylic acids is 1. The molecule has 1 saturated heterocycles. The summed E-state index contributed by atoms with van der Waals surface area (Å²) in [6, 6.07) is 3.58. The number of nitrogens with zero attached hydrogens (tertiary/aromatic N) is 5. The zero-order valence-electron chi connectivity index (χ0n) is 14.0. The number of rotatable bonds is 3. The second kappa shape index (κ2) is 6.29. The van der Waals surface area contributed by atoms with E-state index in [9.17, 15) is 9.90 Å². The predicted octanol–water partition coefficient (Wildman–Crippen LogP) is 1.28.